The highest BCUT2D eigenvalue weighted by atomic mass is 16.5. The summed E-state index contributed by atoms with van der Waals surface area (Å²) in [5, 5.41) is 14.6. The van der Waals surface area contributed by atoms with E-state index in [1.165, 1.54) is 6.20 Å². The molecule has 4 rings (SSSR count). The molecule has 11 heteroatoms. The molecule has 1 aromatic carbocycles. The summed E-state index contributed by atoms with van der Waals surface area (Å²) in [5.41, 5.74) is 6.82. The number of carboxylic acids is 1. The number of carbonyl (C=O) groups excluding carboxylic acids is 2. The molecule has 0 radical (unpaired) electrons. The molecule has 11 nitrogen and oxygen atoms in total. The molecule has 0 fully saturated rings. The fourth-order valence-corrected chi connectivity index (χ4v) is 2.78. The number of ether oxygens (including phenoxy) is 1. The number of nitrogens with two attached hydrogens (primary N) is 1. The van der Waals surface area contributed by atoms with Gasteiger partial charge < -0.3 is 31.2 Å². The minimum Gasteiger partial charge on any atom is -0.482 e. The lowest BCUT2D eigenvalue weighted by molar-refractivity contribution is -0.118. The molecule has 1 aliphatic heterocycles. The Hall–Kier alpha value is -3.99. The Kier molecular flexibility index (Phi) is 6.46. The number of carbonyl (C=O) groups is 3. The van der Waals surface area contributed by atoms with Crippen molar-refractivity contribution in [2.45, 2.75) is 26.4 Å². The molecule has 1 aliphatic rings. The summed E-state index contributed by atoms with van der Waals surface area (Å²) in [6.45, 7) is 4.04. The molecule has 162 valence electrons. The minimum absolute atomic E-state index is 0.0265. The Bertz CT molecular complexity index is 1140. The summed E-state index contributed by atoms with van der Waals surface area (Å²) in [7, 11) is 0. The number of hydrogen-bond acceptors (Lipinski definition) is 7. The number of fused-ring (bicyclic) bond motifs is 2. The van der Waals surface area contributed by atoms with Crippen LogP contribution in [0.1, 0.15) is 40.3 Å². The SMILES string of the molecule is CC(C)N.O=C1COc2ccc(CNC(=O)c3ncnc4c(C(=O)O)c[nH]c34)cc2N1. The lowest BCUT2D eigenvalue weighted by atomic mass is 10.1. The number of amides is 2. The molecule has 0 saturated heterocycles. The highest BCUT2D eigenvalue weighted by Gasteiger charge is 2.19. The standard InChI is InChI=1S/C17H13N5O5.C3H9N/c23-12-6-27-11-2-1-8(3-10(11)22-12)4-19-16(24)15-14-13(20-7-21-15)9(5-18-14)17(25)26;1-3(2)4/h1-3,5,7,18H,4,6H2,(H,19,24)(H,22,23)(H,25,26);3H,4H2,1-2H3. The van der Waals surface area contributed by atoms with Gasteiger partial charge in [-0.05, 0) is 23.7 Å². The van der Waals surface area contributed by atoms with Crippen molar-refractivity contribution < 1.29 is 24.2 Å². The van der Waals surface area contributed by atoms with E-state index in [0.717, 1.165) is 11.9 Å². The second kappa shape index (κ2) is 9.22. The van der Waals surface area contributed by atoms with Crippen LogP contribution in [0.4, 0.5) is 5.69 Å². The lowest BCUT2D eigenvalue weighted by Crippen LogP contribution is -2.26. The Morgan fingerprint density at radius 1 is 1.32 bits per heavy atom. The van der Waals surface area contributed by atoms with E-state index < -0.39 is 11.9 Å². The largest absolute Gasteiger partial charge is 0.482 e. The average molecular weight is 426 g/mol. The number of aromatic amines is 1. The monoisotopic (exact) mass is 426 g/mol. The van der Waals surface area contributed by atoms with Gasteiger partial charge in [-0.3, -0.25) is 9.59 Å². The van der Waals surface area contributed by atoms with Crippen LogP contribution < -0.4 is 21.1 Å². The van der Waals surface area contributed by atoms with Crippen molar-refractivity contribution in [1.29, 1.82) is 0 Å². The van der Waals surface area contributed by atoms with Crippen molar-refractivity contribution in [3.05, 3.63) is 47.5 Å². The van der Waals surface area contributed by atoms with Crippen molar-refractivity contribution in [2.75, 3.05) is 11.9 Å². The Morgan fingerprint density at radius 2 is 2.06 bits per heavy atom. The van der Waals surface area contributed by atoms with E-state index in [9.17, 15) is 14.4 Å². The summed E-state index contributed by atoms with van der Waals surface area (Å²) >= 11 is 0. The van der Waals surface area contributed by atoms with E-state index in [1.54, 1.807) is 18.2 Å². The molecule has 3 heterocycles. The Labute approximate surface area is 177 Å². The van der Waals surface area contributed by atoms with Crippen LogP contribution in [0.15, 0.2) is 30.7 Å². The number of H-pyrrole nitrogens is 1. The van der Waals surface area contributed by atoms with Gasteiger partial charge in [0.25, 0.3) is 11.8 Å². The number of rotatable bonds is 4. The predicted octanol–water partition coefficient (Wildman–Crippen LogP) is 1.27. The maximum Gasteiger partial charge on any atom is 0.339 e. The summed E-state index contributed by atoms with van der Waals surface area (Å²) < 4.78 is 5.29. The van der Waals surface area contributed by atoms with Crippen LogP contribution in [0, 0.1) is 0 Å². The number of benzene rings is 1. The van der Waals surface area contributed by atoms with Gasteiger partial charge >= 0.3 is 5.97 Å². The molecule has 0 saturated carbocycles. The predicted molar refractivity (Wildman–Crippen MR) is 112 cm³/mol. The molecule has 0 aliphatic carbocycles. The van der Waals surface area contributed by atoms with Crippen LogP contribution in [0.3, 0.4) is 0 Å². The van der Waals surface area contributed by atoms with Crippen LogP contribution in [0.2, 0.25) is 0 Å². The van der Waals surface area contributed by atoms with Crippen molar-refractivity contribution in [3.63, 3.8) is 0 Å². The quantitative estimate of drug-likeness (QED) is 0.415. The number of nitrogens with zero attached hydrogens (tertiary/aromatic N) is 2. The van der Waals surface area contributed by atoms with Gasteiger partial charge in [-0.2, -0.15) is 0 Å². The second-order valence-corrected chi connectivity index (χ2v) is 7.05. The van der Waals surface area contributed by atoms with Crippen molar-refractivity contribution in [2.24, 2.45) is 5.73 Å². The average Bonchev–Trinajstić information content (AvgIpc) is 3.15. The van der Waals surface area contributed by atoms with Gasteiger partial charge in [0.15, 0.2) is 12.3 Å². The molecule has 6 N–H and O–H groups in total. The van der Waals surface area contributed by atoms with Crippen LogP contribution in [-0.2, 0) is 11.3 Å². The highest BCUT2D eigenvalue weighted by Crippen LogP contribution is 2.28. The molecule has 0 atom stereocenters. The number of carboxylic acid groups (broad SMARTS) is 1. The van der Waals surface area contributed by atoms with Crippen LogP contribution in [-0.4, -0.2) is 50.5 Å². The fourth-order valence-electron chi connectivity index (χ4n) is 2.78. The van der Waals surface area contributed by atoms with Gasteiger partial charge in [-0.1, -0.05) is 19.9 Å². The van der Waals surface area contributed by atoms with E-state index in [4.69, 9.17) is 15.6 Å². The first kappa shape index (κ1) is 21.7. The zero-order valence-corrected chi connectivity index (χ0v) is 16.9. The van der Waals surface area contributed by atoms with Crippen molar-refractivity contribution in [1.82, 2.24) is 20.3 Å². The zero-order chi connectivity index (χ0) is 22.5. The van der Waals surface area contributed by atoms with Crippen molar-refractivity contribution >= 4 is 34.5 Å². The van der Waals surface area contributed by atoms with Crippen LogP contribution in [0.5, 0.6) is 5.75 Å². The third-order valence-corrected chi connectivity index (χ3v) is 4.04. The highest BCUT2D eigenvalue weighted by molar-refractivity contribution is 6.08. The number of aromatic nitrogens is 3. The molecule has 0 spiro atoms. The topological polar surface area (TPSA) is 172 Å². The lowest BCUT2D eigenvalue weighted by Gasteiger charge is -2.18. The van der Waals surface area contributed by atoms with Crippen LogP contribution in [0.25, 0.3) is 11.0 Å². The second-order valence-electron chi connectivity index (χ2n) is 7.05. The molecule has 31 heavy (non-hydrogen) atoms. The fraction of sp³-hybridized carbons (Fsp3) is 0.250. The zero-order valence-electron chi connectivity index (χ0n) is 16.9. The molecular weight excluding hydrogens is 404 g/mol. The smallest absolute Gasteiger partial charge is 0.339 e. The van der Waals surface area contributed by atoms with Gasteiger partial charge in [0, 0.05) is 12.7 Å². The maximum absolute atomic E-state index is 12.5. The van der Waals surface area contributed by atoms with E-state index in [1.807, 2.05) is 13.8 Å². The van der Waals surface area contributed by atoms with Crippen molar-refractivity contribution in [3.8, 4) is 5.75 Å². The minimum atomic E-state index is -1.15. The maximum atomic E-state index is 12.5. The third-order valence-electron chi connectivity index (χ3n) is 4.04. The van der Waals surface area contributed by atoms with E-state index >= 15 is 0 Å². The molecule has 0 unspecified atom stereocenters. The van der Waals surface area contributed by atoms with Gasteiger partial charge in [0.1, 0.15) is 23.2 Å². The first-order chi connectivity index (χ1) is 14.8. The molecule has 2 aromatic heterocycles. The molecular formula is C20H22N6O5. The summed E-state index contributed by atoms with van der Waals surface area (Å²) in [6, 6.07) is 5.52. The molecule has 2 amide bonds. The van der Waals surface area contributed by atoms with Crippen LogP contribution >= 0.6 is 0 Å². The first-order valence-corrected chi connectivity index (χ1v) is 9.41. The number of anilines is 1. The number of nitrogens with one attached hydrogen (secondary N) is 3. The normalized spacial score (nSPS) is 12.3. The van der Waals surface area contributed by atoms with Gasteiger partial charge in [0.05, 0.1) is 11.2 Å². The molecule has 0 bridgehead atoms. The number of aromatic carboxylic acids is 1. The summed E-state index contributed by atoms with van der Waals surface area (Å²) in [6.07, 6.45) is 2.41. The Morgan fingerprint density at radius 3 is 2.77 bits per heavy atom. The third kappa shape index (κ3) is 5.14. The van der Waals surface area contributed by atoms with Gasteiger partial charge in [-0.15, -0.1) is 0 Å². The first-order valence-electron chi connectivity index (χ1n) is 9.41. The Balaban J connectivity index is 0.000000628. The molecule has 3 aromatic rings. The van der Waals surface area contributed by atoms with E-state index in [0.29, 0.717) is 17.5 Å². The number of hydrogen-bond donors (Lipinski definition) is 5. The van der Waals surface area contributed by atoms with Gasteiger partial charge in [0.2, 0.25) is 0 Å². The summed E-state index contributed by atoms with van der Waals surface area (Å²) in [5.74, 6) is -1.31. The van der Waals surface area contributed by atoms with E-state index in [-0.39, 0.29) is 41.3 Å². The van der Waals surface area contributed by atoms with Gasteiger partial charge in [-0.25, -0.2) is 14.8 Å². The van der Waals surface area contributed by atoms with E-state index in [2.05, 4.69) is 25.6 Å². The summed E-state index contributed by atoms with van der Waals surface area (Å²) in [4.78, 5) is 45.7.